The summed E-state index contributed by atoms with van der Waals surface area (Å²) in [6, 6.07) is 4.25. The molecule has 22 heavy (non-hydrogen) atoms. The SMILES string of the molecule is Cc1cc2oc(=O)cc(CN[C@H](C(N)=O)[C@@H](C)O)c2cc1C. The van der Waals surface area contributed by atoms with E-state index in [2.05, 4.69) is 5.32 Å². The fraction of sp³-hybridized carbons (Fsp3) is 0.375. The van der Waals surface area contributed by atoms with Crippen LogP contribution in [-0.2, 0) is 11.3 Å². The minimum atomic E-state index is -0.923. The van der Waals surface area contributed by atoms with E-state index in [0.29, 0.717) is 11.1 Å². The van der Waals surface area contributed by atoms with Gasteiger partial charge >= 0.3 is 5.63 Å². The summed E-state index contributed by atoms with van der Waals surface area (Å²) in [7, 11) is 0. The highest BCUT2D eigenvalue weighted by Crippen LogP contribution is 2.21. The summed E-state index contributed by atoms with van der Waals surface area (Å²) in [6.45, 7) is 5.62. The molecular formula is C16H20N2O4. The van der Waals surface area contributed by atoms with E-state index < -0.39 is 23.7 Å². The zero-order chi connectivity index (χ0) is 16.4. The average Bonchev–Trinajstić information content (AvgIpc) is 2.40. The van der Waals surface area contributed by atoms with Crippen molar-refractivity contribution in [3.05, 3.63) is 45.3 Å². The van der Waals surface area contributed by atoms with Gasteiger partial charge in [-0.15, -0.1) is 0 Å². The molecule has 2 rings (SSSR count). The van der Waals surface area contributed by atoms with Crippen LogP contribution < -0.4 is 16.7 Å². The van der Waals surface area contributed by atoms with Crippen LogP contribution in [0.1, 0.15) is 23.6 Å². The van der Waals surface area contributed by atoms with Gasteiger partial charge in [-0.3, -0.25) is 10.1 Å². The Morgan fingerprint density at radius 2 is 1.95 bits per heavy atom. The van der Waals surface area contributed by atoms with E-state index in [9.17, 15) is 14.7 Å². The number of fused-ring (bicyclic) bond motifs is 1. The Morgan fingerprint density at radius 1 is 1.32 bits per heavy atom. The zero-order valence-electron chi connectivity index (χ0n) is 12.8. The number of carbonyl (C=O) groups excluding carboxylic acids is 1. The van der Waals surface area contributed by atoms with Crippen molar-refractivity contribution in [2.24, 2.45) is 5.73 Å². The Bertz CT molecular complexity index is 765. The number of aryl methyl sites for hydroxylation is 2. The van der Waals surface area contributed by atoms with Gasteiger partial charge in [-0.05, 0) is 49.6 Å². The van der Waals surface area contributed by atoms with Crippen LogP contribution in [0, 0.1) is 13.8 Å². The van der Waals surface area contributed by atoms with Crippen LogP contribution in [-0.4, -0.2) is 23.2 Å². The first-order valence-electron chi connectivity index (χ1n) is 7.04. The van der Waals surface area contributed by atoms with Gasteiger partial charge in [0.05, 0.1) is 6.10 Å². The van der Waals surface area contributed by atoms with Crippen molar-refractivity contribution in [3.8, 4) is 0 Å². The van der Waals surface area contributed by atoms with Gasteiger partial charge in [0.2, 0.25) is 5.91 Å². The molecule has 0 saturated carbocycles. The summed E-state index contributed by atoms with van der Waals surface area (Å²) in [6.07, 6.45) is -0.923. The van der Waals surface area contributed by atoms with Crippen LogP contribution in [0.3, 0.4) is 0 Å². The fourth-order valence-electron chi connectivity index (χ4n) is 2.36. The first-order valence-corrected chi connectivity index (χ1v) is 7.04. The molecule has 0 aliphatic rings. The van der Waals surface area contributed by atoms with Gasteiger partial charge in [-0.2, -0.15) is 0 Å². The predicted molar refractivity (Wildman–Crippen MR) is 83.5 cm³/mol. The monoisotopic (exact) mass is 304 g/mol. The van der Waals surface area contributed by atoms with E-state index in [0.717, 1.165) is 16.5 Å². The molecule has 118 valence electrons. The maximum Gasteiger partial charge on any atom is 0.336 e. The average molecular weight is 304 g/mol. The van der Waals surface area contributed by atoms with E-state index in [4.69, 9.17) is 10.2 Å². The van der Waals surface area contributed by atoms with Crippen LogP contribution in [0.5, 0.6) is 0 Å². The summed E-state index contributed by atoms with van der Waals surface area (Å²) in [5.41, 5.74) is 8.09. The summed E-state index contributed by atoms with van der Waals surface area (Å²) in [5, 5.41) is 13.2. The lowest BCUT2D eigenvalue weighted by molar-refractivity contribution is -0.122. The Kier molecular flexibility index (Phi) is 4.63. The lowest BCUT2D eigenvalue weighted by Crippen LogP contribution is -2.48. The third kappa shape index (κ3) is 3.35. The topological polar surface area (TPSA) is 106 Å². The first-order chi connectivity index (χ1) is 10.3. The number of aliphatic hydroxyl groups excluding tert-OH is 1. The number of primary amides is 1. The molecule has 1 heterocycles. The molecular weight excluding hydrogens is 284 g/mol. The number of hydrogen-bond acceptors (Lipinski definition) is 5. The third-order valence-corrected chi connectivity index (χ3v) is 3.75. The Hall–Kier alpha value is -2.18. The maximum atomic E-state index is 11.7. The van der Waals surface area contributed by atoms with Crippen molar-refractivity contribution in [2.75, 3.05) is 0 Å². The molecule has 1 aromatic heterocycles. The molecule has 4 N–H and O–H groups in total. The molecule has 0 spiro atoms. The highest BCUT2D eigenvalue weighted by Gasteiger charge is 2.20. The van der Waals surface area contributed by atoms with Gasteiger partial charge in [0.15, 0.2) is 0 Å². The molecule has 0 radical (unpaired) electrons. The van der Waals surface area contributed by atoms with Crippen molar-refractivity contribution >= 4 is 16.9 Å². The standard InChI is InChI=1S/C16H20N2O4/c1-8-4-12-11(7-18-15(10(3)19)16(17)21)6-14(20)22-13(12)5-9(8)2/h4-6,10,15,18-19H,7H2,1-3H3,(H2,17,21)/t10-,15+/m1/s1. The second kappa shape index (κ2) is 6.29. The van der Waals surface area contributed by atoms with Crippen molar-refractivity contribution in [3.63, 3.8) is 0 Å². The Labute approximate surface area is 127 Å². The molecule has 2 aromatic rings. The summed E-state index contributed by atoms with van der Waals surface area (Å²) in [5.74, 6) is -0.644. The van der Waals surface area contributed by atoms with Crippen molar-refractivity contribution in [1.82, 2.24) is 5.32 Å². The highest BCUT2D eigenvalue weighted by molar-refractivity contribution is 5.82. The van der Waals surface area contributed by atoms with Gasteiger partial charge in [0.1, 0.15) is 11.6 Å². The van der Waals surface area contributed by atoms with Gasteiger partial charge in [-0.1, -0.05) is 0 Å². The number of hydrogen-bond donors (Lipinski definition) is 3. The second-order valence-corrected chi connectivity index (χ2v) is 5.52. The largest absolute Gasteiger partial charge is 0.423 e. The quantitative estimate of drug-likeness (QED) is 0.706. The molecule has 6 nitrogen and oxygen atoms in total. The molecule has 0 aliphatic heterocycles. The Balaban J connectivity index is 2.40. The smallest absolute Gasteiger partial charge is 0.336 e. The van der Waals surface area contributed by atoms with Crippen LogP contribution in [0.15, 0.2) is 27.4 Å². The van der Waals surface area contributed by atoms with Crippen molar-refractivity contribution in [2.45, 2.75) is 39.5 Å². The van der Waals surface area contributed by atoms with E-state index in [-0.39, 0.29) is 6.54 Å². The van der Waals surface area contributed by atoms with Crippen LogP contribution in [0.2, 0.25) is 0 Å². The van der Waals surface area contributed by atoms with E-state index in [1.54, 1.807) is 0 Å². The lowest BCUT2D eigenvalue weighted by atomic mass is 10.0. The van der Waals surface area contributed by atoms with Gasteiger partial charge in [0.25, 0.3) is 0 Å². The van der Waals surface area contributed by atoms with Crippen LogP contribution in [0.4, 0.5) is 0 Å². The number of nitrogens with two attached hydrogens (primary N) is 1. The number of aliphatic hydroxyl groups is 1. The van der Waals surface area contributed by atoms with Gasteiger partial charge < -0.3 is 15.3 Å². The molecule has 6 heteroatoms. The maximum absolute atomic E-state index is 11.7. The lowest BCUT2D eigenvalue weighted by Gasteiger charge is -2.18. The molecule has 0 bridgehead atoms. The summed E-state index contributed by atoms with van der Waals surface area (Å²) in [4.78, 5) is 23.0. The number of benzene rings is 1. The summed E-state index contributed by atoms with van der Waals surface area (Å²) < 4.78 is 5.22. The Morgan fingerprint density at radius 3 is 2.55 bits per heavy atom. The fourth-order valence-corrected chi connectivity index (χ4v) is 2.36. The molecule has 0 saturated heterocycles. The number of carbonyl (C=O) groups is 1. The van der Waals surface area contributed by atoms with E-state index >= 15 is 0 Å². The number of rotatable bonds is 5. The molecule has 2 atom stereocenters. The van der Waals surface area contributed by atoms with Gasteiger partial charge in [-0.25, -0.2) is 4.79 Å². The predicted octanol–water partition coefficient (Wildman–Crippen LogP) is 0.734. The minimum absolute atomic E-state index is 0.225. The van der Waals surface area contributed by atoms with Crippen LogP contribution >= 0.6 is 0 Å². The molecule has 0 fully saturated rings. The van der Waals surface area contributed by atoms with Crippen molar-refractivity contribution < 1.29 is 14.3 Å². The van der Waals surface area contributed by atoms with Gasteiger partial charge in [0, 0.05) is 18.0 Å². The summed E-state index contributed by atoms with van der Waals surface area (Å²) >= 11 is 0. The van der Waals surface area contributed by atoms with E-state index in [1.165, 1.54) is 13.0 Å². The first kappa shape index (κ1) is 16.2. The van der Waals surface area contributed by atoms with Crippen LogP contribution in [0.25, 0.3) is 11.0 Å². The third-order valence-electron chi connectivity index (χ3n) is 3.75. The zero-order valence-corrected chi connectivity index (χ0v) is 12.8. The highest BCUT2D eigenvalue weighted by atomic mass is 16.4. The molecule has 0 aliphatic carbocycles. The normalized spacial score (nSPS) is 14.0. The molecule has 1 aromatic carbocycles. The minimum Gasteiger partial charge on any atom is -0.423 e. The number of amides is 1. The van der Waals surface area contributed by atoms with E-state index in [1.807, 2.05) is 26.0 Å². The van der Waals surface area contributed by atoms with Crippen molar-refractivity contribution in [1.29, 1.82) is 0 Å². The molecule has 1 amide bonds. The molecule has 0 unspecified atom stereocenters. The second-order valence-electron chi connectivity index (χ2n) is 5.52. The number of nitrogens with one attached hydrogen (secondary N) is 1.